The van der Waals surface area contributed by atoms with Gasteiger partial charge in [0.15, 0.2) is 0 Å². The van der Waals surface area contributed by atoms with Crippen molar-refractivity contribution in [2.24, 2.45) is 5.92 Å². The maximum absolute atomic E-state index is 11.9. The number of benzene rings is 1. The Labute approximate surface area is 109 Å². The first-order valence-electron chi connectivity index (χ1n) is 5.31. The van der Waals surface area contributed by atoms with Crippen LogP contribution in [0.25, 0.3) is 0 Å². The van der Waals surface area contributed by atoms with Gasteiger partial charge in [0.1, 0.15) is 0 Å². The van der Waals surface area contributed by atoms with Crippen LogP contribution in [-0.4, -0.2) is 17.6 Å². The monoisotopic (exact) mass is 293 g/mol. The number of nitrogens with zero attached hydrogens (tertiary/aromatic N) is 1. The Bertz CT molecular complexity index is 493. The molecular formula is C13H12BrNO2. The maximum atomic E-state index is 11.9. The van der Waals surface area contributed by atoms with Gasteiger partial charge in [-0.1, -0.05) is 22.0 Å². The number of hydrogen-bond acceptors (Lipinski definition) is 2. The van der Waals surface area contributed by atoms with E-state index in [9.17, 15) is 9.90 Å². The predicted molar refractivity (Wildman–Crippen MR) is 69.4 cm³/mol. The number of terminal acetylenes is 1. The molecular weight excluding hydrogens is 282 g/mol. The third kappa shape index (κ3) is 2.36. The molecule has 1 aromatic carbocycles. The van der Waals surface area contributed by atoms with Crippen LogP contribution in [0.15, 0.2) is 22.7 Å². The van der Waals surface area contributed by atoms with Gasteiger partial charge in [-0.05, 0) is 12.1 Å². The molecule has 0 aliphatic carbocycles. The fourth-order valence-corrected chi connectivity index (χ4v) is 2.32. The van der Waals surface area contributed by atoms with Gasteiger partial charge < -0.3 is 10.0 Å². The third-order valence-corrected chi connectivity index (χ3v) is 3.36. The van der Waals surface area contributed by atoms with E-state index in [2.05, 4.69) is 21.9 Å². The van der Waals surface area contributed by atoms with Crippen molar-refractivity contribution in [1.29, 1.82) is 0 Å². The summed E-state index contributed by atoms with van der Waals surface area (Å²) in [5.74, 6) is 2.59. The summed E-state index contributed by atoms with van der Waals surface area (Å²) < 4.78 is 0.877. The Kier molecular flexibility index (Phi) is 3.51. The van der Waals surface area contributed by atoms with Crippen molar-refractivity contribution in [3.05, 3.63) is 28.2 Å². The summed E-state index contributed by atoms with van der Waals surface area (Å²) >= 11 is 3.36. The van der Waals surface area contributed by atoms with Crippen molar-refractivity contribution < 1.29 is 9.90 Å². The van der Waals surface area contributed by atoms with E-state index in [1.165, 1.54) is 0 Å². The number of aliphatic hydroxyl groups is 1. The Balaban J connectivity index is 2.37. The fraction of sp³-hybridized carbons (Fsp3) is 0.308. The summed E-state index contributed by atoms with van der Waals surface area (Å²) in [7, 11) is 0. The molecule has 1 aromatic rings. The quantitative estimate of drug-likeness (QED) is 0.847. The smallest absolute Gasteiger partial charge is 0.228 e. The minimum absolute atomic E-state index is 0.0146. The lowest BCUT2D eigenvalue weighted by molar-refractivity contribution is -0.117. The molecule has 1 N–H and O–H groups in total. The van der Waals surface area contributed by atoms with Gasteiger partial charge in [0.25, 0.3) is 0 Å². The van der Waals surface area contributed by atoms with Crippen LogP contribution in [0.4, 0.5) is 5.69 Å². The first-order valence-corrected chi connectivity index (χ1v) is 6.10. The summed E-state index contributed by atoms with van der Waals surface area (Å²) in [4.78, 5) is 13.5. The van der Waals surface area contributed by atoms with Crippen LogP contribution in [-0.2, 0) is 11.4 Å². The van der Waals surface area contributed by atoms with Crippen LogP contribution < -0.4 is 4.90 Å². The van der Waals surface area contributed by atoms with E-state index in [1.807, 2.05) is 12.1 Å². The summed E-state index contributed by atoms with van der Waals surface area (Å²) in [5.41, 5.74) is 1.48. The zero-order valence-corrected chi connectivity index (χ0v) is 10.8. The number of amides is 1. The Hall–Kier alpha value is -1.31. The molecule has 0 bridgehead atoms. The highest BCUT2D eigenvalue weighted by Crippen LogP contribution is 2.30. The van der Waals surface area contributed by atoms with Gasteiger partial charge in [-0.25, -0.2) is 0 Å². The summed E-state index contributed by atoms with van der Waals surface area (Å²) in [6, 6.07) is 5.48. The number of hydrogen-bond donors (Lipinski definition) is 1. The van der Waals surface area contributed by atoms with Crippen LogP contribution in [0.1, 0.15) is 12.0 Å². The average molecular weight is 294 g/mol. The molecule has 1 unspecified atom stereocenters. The SMILES string of the molecule is C#CC1CC(=O)N(c2cc(Br)ccc2CO)C1. The lowest BCUT2D eigenvalue weighted by Crippen LogP contribution is -2.25. The zero-order valence-electron chi connectivity index (χ0n) is 9.19. The highest BCUT2D eigenvalue weighted by atomic mass is 79.9. The zero-order chi connectivity index (χ0) is 12.4. The van der Waals surface area contributed by atoms with Gasteiger partial charge in [-0.3, -0.25) is 4.79 Å². The first kappa shape index (κ1) is 12.2. The van der Waals surface area contributed by atoms with Gasteiger partial charge in [0.2, 0.25) is 5.91 Å². The molecule has 2 rings (SSSR count). The van der Waals surface area contributed by atoms with Crippen LogP contribution in [0.3, 0.4) is 0 Å². The molecule has 1 aliphatic heterocycles. The highest BCUT2D eigenvalue weighted by Gasteiger charge is 2.30. The molecule has 0 aromatic heterocycles. The van der Waals surface area contributed by atoms with Gasteiger partial charge >= 0.3 is 0 Å². The lowest BCUT2D eigenvalue weighted by Gasteiger charge is -2.19. The van der Waals surface area contributed by atoms with E-state index >= 15 is 0 Å². The first-order chi connectivity index (χ1) is 8.15. The van der Waals surface area contributed by atoms with E-state index in [0.717, 1.165) is 15.7 Å². The molecule has 0 saturated carbocycles. The lowest BCUT2D eigenvalue weighted by atomic mass is 10.1. The van der Waals surface area contributed by atoms with Crippen LogP contribution in [0, 0.1) is 18.3 Å². The van der Waals surface area contributed by atoms with Gasteiger partial charge in [0, 0.05) is 28.9 Å². The predicted octanol–water partition coefficient (Wildman–Crippen LogP) is 1.93. The molecule has 0 radical (unpaired) electrons. The molecule has 1 atom stereocenters. The van der Waals surface area contributed by atoms with E-state index in [4.69, 9.17) is 6.42 Å². The fourth-order valence-electron chi connectivity index (χ4n) is 1.97. The molecule has 1 amide bonds. The standard InChI is InChI=1S/C13H12BrNO2/c1-2-9-5-13(17)15(7-9)12-6-11(14)4-3-10(12)8-16/h1,3-4,6,9,16H,5,7-8H2. The summed E-state index contributed by atoms with van der Waals surface area (Å²) in [6.45, 7) is 0.436. The Morgan fingerprint density at radius 1 is 1.59 bits per heavy atom. The maximum Gasteiger partial charge on any atom is 0.228 e. The van der Waals surface area contributed by atoms with Crippen molar-refractivity contribution in [2.45, 2.75) is 13.0 Å². The van der Waals surface area contributed by atoms with Crippen LogP contribution in [0.5, 0.6) is 0 Å². The molecule has 1 aliphatic rings. The van der Waals surface area contributed by atoms with Crippen molar-refractivity contribution in [3.63, 3.8) is 0 Å². The number of aliphatic hydroxyl groups excluding tert-OH is 1. The molecule has 17 heavy (non-hydrogen) atoms. The van der Waals surface area contributed by atoms with Gasteiger partial charge in [0.05, 0.1) is 12.3 Å². The largest absolute Gasteiger partial charge is 0.392 e. The average Bonchev–Trinajstić information content (AvgIpc) is 2.70. The third-order valence-electron chi connectivity index (χ3n) is 2.87. The number of halogens is 1. The van der Waals surface area contributed by atoms with Crippen molar-refractivity contribution in [3.8, 4) is 12.3 Å². The van der Waals surface area contributed by atoms with Crippen molar-refractivity contribution >= 4 is 27.5 Å². The highest BCUT2D eigenvalue weighted by molar-refractivity contribution is 9.10. The molecule has 1 heterocycles. The minimum atomic E-state index is -0.0902. The Morgan fingerprint density at radius 2 is 2.35 bits per heavy atom. The van der Waals surface area contributed by atoms with E-state index in [1.54, 1.807) is 11.0 Å². The van der Waals surface area contributed by atoms with Gasteiger partial charge in [-0.15, -0.1) is 12.3 Å². The second-order valence-corrected chi connectivity index (χ2v) is 4.92. The molecule has 0 spiro atoms. The normalized spacial score (nSPS) is 19.5. The van der Waals surface area contributed by atoms with Crippen molar-refractivity contribution in [1.82, 2.24) is 0 Å². The number of rotatable bonds is 2. The molecule has 1 saturated heterocycles. The van der Waals surface area contributed by atoms with Gasteiger partial charge in [-0.2, -0.15) is 0 Å². The van der Waals surface area contributed by atoms with E-state index in [0.29, 0.717) is 13.0 Å². The number of carbonyl (C=O) groups excluding carboxylic acids is 1. The molecule has 4 heteroatoms. The van der Waals surface area contributed by atoms with Crippen molar-refractivity contribution in [2.75, 3.05) is 11.4 Å². The van der Waals surface area contributed by atoms with E-state index < -0.39 is 0 Å². The molecule has 3 nitrogen and oxygen atoms in total. The molecule has 88 valence electrons. The second kappa shape index (κ2) is 4.91. The second-order valence-electron chi connectivity index (χ2n) is 4.00. The Morgan fingerprint density at radius 3 is 2.94 bits per heavy atom. The van der Waals surface area contributed by atoms with Crippen LogP contribution >= 0.6 is 15.9 Å². The van der Waals surface area contributed by atoms with E-state index in [-0.39, 0.29) is 18.4 Å². The van der Waals surface area contributed by atoms with Crippen LogP contribution in [0.2, 0.25) is 0 Å². The molecule has 1 fully saturated rings. The number of carbonyl (C=O) groups is 1. The number of anilines is 1. The topological polar surface area (TPSA) is 40.5 Å². The summed E-state index contributed by atoms with van der Waals surface area (Å²) in [6.07, 6.45) is 5.73. The minimum Gasteiger partial charge on any atom is -0.392 e. The summed E-state index contributed by atoms with van der Waals surface area (Å²) in [5, 5.41) is 9.29.